The number of aryl methyl sites for hydroxylation is 1. The summed E-state index contributed by atoms with van der Waals surface area (Å²) in [6.07, 6.45) is 0. The summed E-state index contributed by atoms with van der Waals surface area (Å²) in [5.74, 6) is 0.542. The van der Waals surface area contributed by atoms with Gasteiger partial charge < -0.3 is 5.73 Å². The molecule has 0 atom stereocenters. The normalized spacial score (nSPS) is 8.91. The summed E-state index contributed by atoms with van der Waals surface area (Å²) in [6.45, 7) is 5.71. The number of aromatic nitrogens is 2. The van der Waals surface area contributed by atoms with Crippen LogP contribution in [0.15, 0.2) is 12.6 Å². The van der Waals surface area contributed by atoms with E-state index in [1.54, 1.807) is 4.68 Å². The molecule has 11 heavy (non-hydrogen) atoms. The highest BCUT2D eigenvalue weighted by Gasteiger charge is 2.00. The van der Waals surface area contributed by atoms with Gasteiger partial charge in [-0.25, -0.2) is 0 Å². The predicted molar refractivity (Wildman–Crippen MR) is 49.6 cm³/mol. The molecule has 0 aliphatic carbocycles. The first-order valence-corrected chi connectivity index (χ1v) is 3.06. The summed E-state index contributed by atoms with van der Waals surface area (Å²) in [7, 11) is 1.85. The molecule has 62 valence electrons. The standard InChI is InChI=1S/C7H11N3.ClH/c1-5(2)6-4-7(8)9-10(6)3;/h4H,1H2,2-3H3,(H2,8,9);1H. The van der Waals surface area contributed by atoms with E-state index in [-0.39, 0.29) is 12.4 Å². The zero-order valence-electron chi connectivity index (χ0n) is 6.66. The first kappa shape index (κ1) is 10.0. The van der Waals surface area contributed by atoms with Gasteiger partial charge in [0.05, 0.1) is 5.69 Å². The van der Waals surface area contributed by atoms with Gasteiger partial charge in [0.2, 0.25) is 0 Å². The van der Waals surface area contributed by atoms with Gasteiger partial charge in [0, 0.05) is 13.1 Å². The molecule has 0 amide bonds. The Morgan fingerprint density at radius 1 is 1.73 bits per heavy atom. The summed E-state index contributed by atoms with van der Waals surface area (Å²) >= 11 is 0. The van der Waals surface area contributed by atoms with E-state index >= 15 is 0 Å². The van der Waals surface area contributed by atoms with Crippen molar-refractivity contribution in [1.82, 2.24) is 9.78 Å². The van der Waals surface area contributed by atoms with Gasteiger partial charge in [0.1, 0.15) is 5.82 Å². The average Bonchev–Trinajstić information content (AvgIpc) is 2.10. The van der Waals surface area contributed by atoms with Gasteiger partial charge in [-0.1, -0.05) is 6.58 Å². The molecule has 1 rings (SSSR count). The molecule has 0 unspecified atom stereocenters. The van der Waals surface area contributed by atoms with Crippen LogP contribution in [0.1, 0.15) is 12.6 Å². The number of allylic oxidation sites excluding steroid dienone is 1. The second kappa shape index (κ2) is 3.44. The fourth-order valence-electron chi connectivity index (χ4n) is 0.889. The molecule has 0 fully saturated rings. The van der Waals surface area contributed by atoms with Crippen molar-refractivity contribution in [2.45, 2.75) is 6.92 Å². The lowest BCUT2D eigenvalue weighted by molar-refractivity contribution is 0.760. The number of anilines is 1. The number of halogens is 1. The number of nitrogens with zero attached hydrogens (tertiary/aromatic N) is 2. The molecule has 0 aliphatic heterocycles. The molecule has 2 N–H and O–H groups in total. The van der Waals surface area contributed by atoms with Crippen molar-refractivity contribution in [3.8, 4) is 0 Å². The third-order valence-electron chi connectivity index (χ3n) is 1.34. The smallest absolute Gasteiger partial charge is 0.146 e. The van der Waals surface area contributed by atoms with Crippen LogP contribution < -0.4 is 5.73 Å². The minimum absolute atomic E-state index is 0. The highest BCUT2D eigenvalue weighted by Crippen LogP contribution is 2.12. The van der Waals surface area contributed by atoms with Gasteiger partial charge in [0.15, 0.2) is 0 Å². The number of rotatable bonds is 1. The van der Waals surface area contributed by atoms with Gasteiger partial charge in [-0.2, -0.15) is 5.10 Å². The van der Waals surface area contributed by atoms with Crippen molar-refractivity contribution in [2.24, 2.45) is 7.05 Å². The summed E-state index contributed by atoms with van der Waals surface area (Å²) in [5.41, 5.74) is 7.41. The zero-order chi connectivity index (χ0) is 7.72. The Labute approximate surface area is 72.3 Å². The van der Waals surface area contributed by atoms with E-state index in [0.717, 1.165) is 11.3 Å². The molecule has 1 aromatic rings. The molecule has 0 bridgehead atoms. The number of nitrogen functional groups attached to an aromatic ring is 1. The fraction of sp³-hybridized carbons (Fsp3) is 0.286. The Kier molecular flexibility index (Phi) is 3.14. The summed E-state index contributed by atoms with van der Waals surface area (Å²) < 4.78 is 1.72. The molecule has 0 spiro atoms. The monoisotopic (exact) mass is 173 g/mol. The van der Waals surface area contributed by atoms with Crippen LogP contribution in [-0.2, 0) is 7.05 Å². The van der Waals surface area contributed by atoms with Crippen LogP contribution in [0.5, 0.6) is 0 Å². The number of hydrogen-bond acceptors (Lipinski definition) is 2. The Morgan fingerprint density at radius 3 is 2.45 bits per heavy atom. The second-order valence-corrected chi connectivity index (χ2v) is 2.36. The molecule has 3 nitrogen and oxygen atoms in total. The van der Waals surface area contributed by atoms with Gasteiger partial charge in [0.25, 0.3) is 0 Å². The van der Waals surface area contributed by atoms with Gasteiger partial charge in [-0.05, 0) is 12.5 Å². The van der Waals surface area contributed by atoms with Crippen LogP contribution in [0, 0.1) is 0 Å². The molecule has 0 saturated carbocycles. The Morgan fingerprint density at radius 2 is 2.27 bits per heavy atom. The van der Waals surface area contributed by atoms with Gasteiger partial charge in [-0.3, -0.25) is 4.68 Å². The van der Waals surface area contributed by atoms with E-state index < -0.39 is 0 Å². The Bertz CT molecular complexity index is 265. The van der Waals surface area contributed by atoms with Crippen molar-refractivity contribution in [1.29, 1.82) is 0 Å². The minimum Gasteiger partial charge on any atom is -0.382 e. The lowest BCUT2D eigenvalue weighted by Gasteiger charge is -1.96. The molecule has 1 heterocycles. The quantitative estimate of drug-likeness (QED) is 0.699. The van der Waals surface area contributed by atoms with E-state index in [2.05, 4.69) is 11.7 Å². The Balaban J connectivity index is 0.000001000. The van der Waals surface area contributed by atoms with Crippen molar-refractivity contribution in [3.63, 3.8) is 0 Å². The molecule has 0 radical (unpaired) electrons. The Hall–Kier alpha value is -0.960. The third-order valence-corrected chi connectivity index (χ3v) is 1.34. The van der Waals surface area contributed by atoms with E-state index in [9.17, 15) is 0 Å². The van der Waals surface area contributed by atoms with Crippen molar-refractivity contribution in [3.05, 3.63) is 18.3 Å². The van der Waals surface area contributed by atoms with Crippen LogP contribution in [0.3, 0.4) is 0 Å². The lowest BCUT2D eigenvalue weighted by Crippen LogP contribution is -1.95. The molecule has 4 heteroatoms. The van der Waals surface area contributed by atoms with Crippen LogP contribution in [-0.4, -0.2) is 9.78 Å². The summed E-state index contributed by atoms with van der Waals surface area (Å²) in [6, 6.07) is 1.81. The largest absolute Gasteiger partial charge is 0.382 e. The first-order valence-electron chi connectivity index (χ1n) is 3.06. The topological polar surface area (TPSA) is 43.8 Å². The van der Waals surface area contributed by atoms with Crippen LogP contribution in [0.2, 0.25) is 0 Å². The molecular weight excluding hydrogens is 162 g/mol. The SMILES string of the molecule is C=C(C)c1cc(N)nn1C.Cl. The third kappa shape index (κ3) is 1.98. The summed E-state index contributed by atoms with van der Waals surface area (Å²) in [5, 5.41) is 3.97. The highest BCUT2D eigenvalue weighted by molar-refractivity contribution is 5.85. The van der Waals surface area contributed by atoms with Crippen molar-refractivity contribution < 1.29 is 0 Å². The maximum Gasteiger partial charge on any atom is 0.146 e. The fourth-order valence-corrected chi connectivity index (χ4v) is 0.889. The van der Waals surface area contributed by atoms with Gasteiger partial charge in [-0.15, -0.1) is 12.4 Å². The van der Waals surface area contributed by atoms with Crippen LogP contribution >= 0.6 is 12.4 Å². The van der Waals surface area contributed by atoms with E-state index in [1.165, 1.54) is 0 Å². The molecule has 0 aromatic carbocycles. The maximum atomic E-state index is 5.44. The zero-order valence-corrected chi connectivity index (χ0v) is 7.48. The molecule has 1 aromatic heterocycles. The summed E-state index contributed by atoms with van der Waals surface area (Å²) in [4.78, 5) is 0. The van der Waals surface area contributed by atoms with Crippen LogP contribution in [0.25, 0.3) is 5.57 Å². The average molecular weight is 174 g/mol. The van der Waals surface area contributed by atoms with E-state index in [4.69, 9.17) is 5.73 Å². The minimum atomic E-state index is 0. The first-order chi connectivity index (χ1) is 4.61. The van der Waals surface area contributed by atoms with E-state index in [0.29, 0.717) is 5.82 Å². The van der Waals surface area contributed by atoms with Gasteiger partial charge >= 0.3 is 0 Å². The molecule has 0 aliphatic rings. The van der Waals surface area contributed by atoms with Crippen molar-refractivity contribution >= 4 is 23.8 Å². The molecular formula is C7H12ClN3. The number of hydrogen-bond donors (Lipinski definition) is 1. The lowest BCUT2D eigenvalue weighted by atomic mass is 10.2. The second-order valence-electron chi connectivity index (χ2n) is 2.36. The highest BCUT2D eigenvalue weighted by atomic mass is 35.5. The van der Waals surface area contributed by atoms with Crippen molar-refractivity contribution in [2.75, 3.05) is 5.73 Å². The van der Waals surface area contributed by atoms with Crippen LogP contribution in [0.4, 0.5) is 5.82 Å². The number of nitrogens with two attached hydrogens (primary N) is 1. The predicted octanol–water partition coefficient (Wildman–Crippen LogP) is 1.46. The van der Waals surface area contributed by atoms with E-state index in [1.807, 2.05) is 20.0 Å². The molecule has 0 saturated heterocycles. The maximum absolute atomic E-state index is 5.44.